The molecule has 1 aliphatic heterocycles. The van der Waals surface area contributed by atoms with Gasteiger partial charge in [-0.1, -0.05) is 11.6 Å². The fourth-order valence-electron chi connectivity index (χ4n) is 2.66. The molecule has 26 heavy (non-hydrogen) atoms. The number of rotatable bonds is 1. The summed E-state index contributed by atoms with van der Waals surface area (Å²) in [7, 11) is 1.73. The zero-order valence-electron chi connectivity index (χ0n) is 13.6. The van der Waals surface area contributed by atoms with Crippen molar-refractivity contribution in [2.45, 2.75) is 0 Å². The van der Waals surface area contributed by atoms with E-state index in [9.17, 15) is 9.18 Å². The Labute approximate surface area is 152 Å². The van der Waals surface area contributed by atoms with E-state index in [0.29, 0.717) is 28.5 Å². The second-order valence-corrected chi connectivity index (χ2v) is 5.97. The van der Waals surface area contributed by atoms with Crippen molar-refractivity contribution < 1.29 is 13.9 Å². The van der Waals surface area contributed by atoms with Gasteiger partial charge in [-0.05, 0) is 6.07 Å². The van der Waals surface area contributed by atoms with Gasteiger partial charge in [-0.3, -0.25) is 4.79 Å². The SMILES string of the molecule is CNc1cc2nc3c(cnn13)C(=O)NCCOc1cc(c(Cl)cc1F)N2. The summed E-state index contributed by atoms with van der Waals surface area (Å²) in [5.74, 6) is 0.122. The van der Waals surface area contributed by atoms with Gasteiger partial charge >= 0.3 is 0 Å². The average Bonchev–Trinajstić information content (AvgIpc) is 3.04. The molecule has 0 aliphatic carbocycles. The molecule has 3 heterocycles. The van der Waals surface area contributed by atoms with Gasteiger partial charge in [-0.25, -0.2) is 9.37 Å². The van der Waals surface area contributed by atoms with E-state index in [4.69, 9.17) is 16.3 Å². The molecule has 1 aliphatic rings. The molecule has 1 amide bonds. The fourth-order valence-corrected chi connectivity index (χ4v) is 2.86. The number of benzene rings is 1. The highest BCUT2D eigenvalue weighted by molar-refractivity contribution is 6.33. The molecule has 0 radical (unpaired) electrons. The Balaban J connectivity index is 1.91. The third-order valence-electron chi connectivity index (χ3n) is 3.90. The van der Waals surface area contributed by atoms with Crippen LogP contribution in [0.4, 0.5) is 21.7 Å². The highest BCUT2D eigenvalue weighted by Gasteiger charge is 2.18. The maximum atomic E-state index is 14.0. The van der Waals surface area contributed by atoms with Crippen LogP contribution in [-0.4, -0.2) is 40.7 Å². The van der Waals surface area contributed by atoms with E-state index >= 15 is 0 Å². The smallest absolute Gasteiger partial charge is 0.256 e. The van der Waals surface area contributed by atoms with Crippen LogP contribution in [0.1, 0.15) is 10.4 Å². The van der Waals surface area contributed by atoms with Gasteiger partial charge in [-0.2, -0.15) is 9.61 Å². The number of carbonyl (C=O) groups is 1. The first-order chi connectivity index (χ1) is 12.6. The quantitative estimate of drug-likeness (QED) is 0.604. The Morgan fingerprint density at radius 2 is 2.23 bits per heavy atom. The van der Waals surface area contributed by atoms with Gasteiger partial charge in [0.1, 0.15) is 23.8 Å². The number of nitrogens with one attached hydrogen (secondary N) is 3. The minimum Gasteiger partial charge on any atom is -0.489 e. The first-order valence-electron chi connectivity index (χ1n) is 7.80. The largest absolute Gasteiger partial charge is 0.489 e. The van der Waals surface area contributed by atoms with Crippen molar-refractivity contribution in [2.24, 2.45) is 0 Å². The van der Waals surface area contributed by atoms with Crippen LogP contribution in [0.25, 0.3) is 5.65 Å². The Morgan fingerprint density at radius 1 is 1.38 bits per heavy atom. The van der Waals surface area contributed by atoms with Crippen LogP contribution in [0.2, 0.25) is 5.02 Å². The van der Waals surface area contributed by atoms with Crippen molar-refractivity contribution in [1.82, 2.24) is 19.9 Å². The maximum Gasteiger partial charge on any atom is 0.256 e. The maximum absolute atomic E-state index is 14.0. The lowest BCUT2D eigenvalue weighted by Crippen LogP contribution is -2.28. The lowest BCUT2D eigenvalue weighted by molar-refractivity contribution is 0.0948. The zero-order chi connectivity index (χ0) is 18.3. The third kappa shape index (κ3) is 2.76. The predicted molar refractivity (Wildman–Crippen MR) is 95.1 cm³/mol. The number of anilines is 3. The van der Waals surface area contributed by atoms with E-state index in [2.05, 4.69) is 26.0 Å². The molecule has 0 saturated heterocycles. The average molecular weight is 377 g/mol. The van der Waals surface area contributed by atoms with Crippen molar-refractivity contribution in [3.05, 3.63) is 40.8 Å². The summed E-state index contributed by atoms with van der Waals surface area (Å²) < 4.78 is 21.0. The van der Waals surface area contributed by atoms with Gasteiger partial charge in [0.25, 0.3) is 5.91 Å². The lowest BCUT2D eigenvalue weighted by Gasteiger charge is -2.13. The van der Waals surface area contributed by atoms with Crippen LogP contribution in [0, 0.1) is 5.82 Å². The van der Waals surface area contributed by atoms with Crippen LogP contribution >= 0.6 is 11.6 Å². The Kier molecular flexibility index (Phi) is 4.00. The van der Waals surface area contributed by atoms with Gasteiger partial charge in [-0.15, -0.1) is 0 Å². The molecule has 4 rings (SSSR count). The molecule has 0 atom stereocenters. The summed E-state index contributed by atoms with van der Waals surface area (Å²) in [6, 6.07) is 4.32. The molecule has 10 heteroatoms. The number of aromatic nitrogens is 3. The molecule has 0 spiro atoms. The number of carbonyl (C=O) groups excluding carboxylic acids is 1. The molecule has 134 valence electrons. The van der Waals surface area contributed by atoms with Crippen molar-refractivity contribution in [3.8, 4) is 5.75 Å². The second-order valence-electron chi connectivity index (χ2n) is 5.56. The molecular weight excluding hydrogens is 363 g/mol. The minimum absolute atomic E-state index is 0.0308. The second kappa shape index (κ2) is 6.34. The third-order valence-corrected chi connectivity index (χ3v) is 4.21. The molecule has 0 unspecified atom stereocenters. The number of hydrogen-bond donors (Lipinski definition) is 3. The lowest BCUT2D eigenvalue weighted by atomic mass is 10.2. The number of fused-ring (bicyclic) bond motifs is 3. The molecular formula is C16H14ClFN6O2. The molecule has 8 nitrogen and oxygen atoms in total. The van der Waals surface area contributed by atoms with E-state index in [0.717, 1.165) is 0 Å². The summed E-state index contributed by atoms with van der Waals surface area (Å²) in [6.07, 6.45) is 1.44. The molecule has 3 aromatic rings. The van der Waals surface area contributed by atoms with Crippen LogP contribution in [0.15, 0.2) is 24.4 Å². The van der Waals surface area contributed by atoms with Crippen molar-refractivity contribution >= 4 is 40.5 Å². The molecule has 0 saturated carbocycles. The first kappa shape index (κ1) is 16.4. The summed E-state index contributed by atoms with van der Waals surface area (Å²) in [6.45, 7) is 0.292. The van der Waals surface area contributed by atoms with Crippen LogP contribution in [0.3, 0.4) is 0 Å². The van der Waals surface area contributed by atoms with E-state index in [1.165, 1.54) is 22.8 Å². The number of halogens is 2. The fraction of sp³-hybridized carbons (Fsp3) is 0.188. The van der Waals surface area contributed by atoms with Crippen molar-refractivity contribution in [2.75, 3.05) is 30.8 Å². The van der Waals surface area contributed by atoms with Crippen LogP contribution in [0.5, 0.6) is 5.75 Å². The molecule has 2 aromatic heterocycles. The minimum atomic E-state index is -0.585. The Bertz CT molecular complexity index is 1020. The van der Waals surface area contributed by atoms with E-state index in [-0.39, 0.29) is 29.8 Å². The normalized spacial score (nSPS) is 13.9. The summed E-state index contributed by atoms with van der Waals surface area (Å²) in [4.78, 5) is 16.9. The van der Waals surface area contributed by atoms with Crippen molar-refractivity contribution in [1.29, 1.82) is 0 Å². The molecule has 3 N–H and O–H groups in total. The number of hydrogen-bond acceptors (Lipinski definition) is 6. The number of nitrogens with zero attached hydrogens (tertiary/aromatic N) is 3. The predicted octanol–water partition coefficient (Wildman–Crippen LogP) is 2.43. The standard InChI is InChI=1S/C16H14ClFN6O2/c1-19-14-6-13-22-11-5-12(10(18)4-9(11)17)26-3-2-20-16(25)8-7-21-24(14)15(8)23-13/h4-7,19H,2-3H2,1H3,(H,20,25)(H,22,23). The molecule has 4 bridgehead atoms. The van der Waals surface area contributed by atoms with Gasteiger partial charge in [0.05, 0.1) is 23.5 Å². The monoisotopic (exact) mass is 376 g/mol. The Hall–Kier alpha value is -3.07. The van der Waals surface area contributed by atoms with Gasteiger partial charge in [0.2, 0.25) is 0 Å². The topological polar surface area (TPSA) is 92.6 Å². The molecule has 1 aromatic carbocycles. The van der Waals surface area contributed by atoms with Crippen molar-refractivity contribution in [3.63, 3.8) is 0 Å². The number of amides is 1. The van der Waals surface area contributed by atoms with Crippen LogP contribution in [-0.2, 0) is 0 Å². The first-order valence-corrected chi connectivity index (χ1v) is 8.18. The zero-order valence-corrected chi connectivity index (χ0v) is 14.4. The van der Waals surface area contributed by atoms with E-state index in [1.54, 1.807) is 13.1 Å². The number of ether oxygens (including phenoxy) is 1. The highest BCUT2D eigenvalue weighted by atomic mass is 35.5. The van der Waals surface area contributed by atoms with Crippen LogP contribution < -0.4 is 20.7 Å². The van der Waals surface area contributed by atoms with Gasteiger partial charge in [0.15, 0.2) is 17.2 Å². The molecule has 0 fully saturated rings. The highest BCUT2D eigenvalue weighted by Crippen LogP contribution is 2.32. The van der Waals surface area contributed by atoms with Gasteiger partial charge in [0, 0.05) is 19.2 Å². The summed E-state index contributed by atoms with van der Waals surface area (Å²) in [5.41, 5.74) is 1.12. The van der Waals surface area contributed by atoms with E-state index in [1.807, 2.05) is 0 Å². The summed E-state index contributed by atoms with van der Waals surface area (Å²) in [5, 5.41) is 13.1. The van der Waals surface area contributed by atoms with E-state index < -0.39 is 5.82 Å². The summed E-state index contributed by atoms with van der Waals surface area (Å²) >= 11 is 6.14. The Morgan fingerprint density at radius 3 is 3.04 bits per heavy atom. The van der Waals surface area contributed by atoms with Gasteiger partial charge < -0.3 is 20.7 Å².